The highest BCUT2D eigenvalue weighted by atomic mass is 14.7. The molecule has 1 aliphatic rings. The number of rotatable bonds is 1. The van der Waals surface area contributed by atoms with E-state index in [1.165, 1.54) is 35.7 Å². The fraction of sp³-hybridized carbons (Fsp3) is 0.529. The molecule has 1 heterocycles. The number of benzene rings is 1. The predicted molar refractivity (Wildman–Crippen MR) is 77.8 cm³/mol. The van der Waals surface area contributed by atoms with Gasteiger partial charge in [-0.2, -0.15) is 0 Å². The molecule has 18 heavy (non-hydrogen) atoms. The van der Waals surface area contributed by atoms with E-state index in [9.17, 15) is 0 Å². The zero-order valence-electron chi connectivity index (χ0n) is 11.7. The lowest BCUT2D eigenvalue weighted by molar-refractivity contribution is 0.169. The van der Waals surface area contributed by atoms with Crippen molar-refractivity contribution in [1.29, 1.82) is 0 Å². The van der Waals surface area contributed by atoms with Crippen LogP contribution in [0.15, 0.2) is 30.5 Å². The summed E-state index contributed by atoms with van der Waals surface area (Å²) in [6, 6.07) is 8.69. The Balaban J connectivity index is 1.99. The summed E-state index contributed by atoms with van der Waals surface area (Å²) in [5, 5.41) is 1.42. The normalized spacial score (nSPS) is 27.5. The minimum Gasteiger partial charge on any atom is -0.361 e. The minimum absolute atomic E-state index is 0.487. The molecule has 1 heteroatoms. The lowest BCUT2D eigenvalue weighted by atomic mass is 9.66. The summed E-state index contributed by atoms with van der Waals surface area (Å²) < 4.78 is 0. The van der Waals surface area contributed by atoms with Crippen molar-refractivity contribution in [3.63, 3.8) is 0 Å². The van der Waals surface area contributed by atoms with Gasteiger partial charge in [0.25, 0.3) is 0 Å². The van der Waals surface area contributed by atoms with Crippen LogP contribution in [0.2, 0.25) is 0 Å². The molecule has 0 aliphatic heterocycles. The molecular formula is C17H23N. The van der Waals surface area contributed by atoms with Gasteiger partial charge in [0.2, 0.25) is 0 Å². The Kier molecular flexibility index (Phi) is 2.73. The van der Waals surface area contributed by atoms with Gasteiger partial charge in [-0.05, 0) is 48.1 Å². The largest absolute Gasteiger partial charge is 0.361 e. The first-order valence-electron chi connectivity index (χ1n) is 7.11. The number of para-hydroxylation sites is 1. The average Bonchev–Trinajstić information content (AvgIpc) is 2.69. The molecule has 3 rings (SSSR count). The first kappa shape index (κ1) is 11.8. The van der Waals surface area contributed by atoms with E-state index in [-0.39, 0.29) is 0 Å². The number of nitrogens with one attached hydrogen (secondary N) is 1. The molecule has 2 unspecified atom stereocenters. The second-order valence-corrected chi connectivity index (χ2v) is 6.90. The van der Waals surface area contributed by atoms with Crippen molar-refractivity contribution in [2.24, 2.45) is 11.3 Å². The number of aromatic amines is 1. The molecule has 0 spiro atoms. The summed E-state index contributed by atoms with van der Waals surface area (Å²) in [5.74, 6) is 1.56. The topological polar surface area (TPSA) is 15.8 Å². The van der Waals surface area contributed by atoms with Crippen molar-refractivity contribution in [1.82, 2.24) is 4.98 Å². The van der Waals surface area contributed by atoms with E-state index < -0.39 is 0 Å². The van der Waals surface area contributed by atoms with E-state index in [2.05, 4.69) is 56.2 Å². The maximum Gasteiger partial charge on any atom is 0.0456 e. The number of hydrogen-bond donors (Lipinski definition) is 1. The second-order valence-electron chi connectivity index (χ2n) is 6.90. The van der Waals surface area contributed by atoms with Gasteiger partial charge in [0.15, 0.2) is 0 Å². The molecule has 1 N–H and O–H groups in total. The van der Waals surface area contributed by atoms with Crippen molar-refractivity contribution in [2.45, 2.75) is 46.0 Å². The van der Waals surface area contributed by atoms with Gasteiger partial charge in [-0.25, -0.2) is 0 Å². The van der Waals surface area contributed by atoms with E-state index >= 15 is 0 Å². The van der Waals surface area contributed by atoms with Gasteiger partial charge >= 0.3 is 0 Å². The van der Waals surface area contributed by atoms with Crippen LogP contribution in [-0.2, 0) is 0 Å². The lowest BCUT2D eigenvalue weighted by Gasteiger charge is -2.39. The van der Waals surface area contributed by atoms with Crippen molar-refractivity contribution < 1.29 is 0 Å². The van der Waals surface area contributed by atoms with Crippen LogP contribution in [0.5, 0.6) is 0 Å². The van der Waals surface area contributed by atoms with Gasteiger partial charge in [0.05, 0.1) is 0 Å². The number of fused-ring (bicyclic) bond motifs is 1. The zero-order chi connectivity index (χ0) is 12.8. The number of aromatic nitrogens is 1. The van der Waals surface area contributed by atoms with E-state index in [1.807, 2.05) is 0 Å². The molecule has 0 bridgehead atoms. The summed E-state index contributed by atoms with van der Waals surface area (Å²) >= 11 is 0. The Morgan fingerprint density at radius 2 is 1.94 bits per heavy atom. The Bertz CT molecular complexity index is 549. The molecule has 1 aromatic carbocycles. The summed E-state index contributed by atoms with van der Waals surface area (Å²) in [6.45, 7) is 7.25. The lowest BCUT2D eigenvalue weighted by Crippen LogP contribution is -2.26. The molecule has 96 valence electrons. The third-order valence-electron chi connectivity index (χ3n) is 4.45. The summed E-state index contributed by atoms with van der Waals surface area (Å²) in [4.78, 5) is 3.43. The van der Waals surface area contributed by atoms with Crippen LogP contribution >= 0.6 is 0 Å². The van der Waals surface area contributed by atoms with Gasteiger partial charge in [-0.15, -0.1) is 0 Å². The van der Waals surface area contributed by atoms with E-state index in [0.29, 0.717) is 5.41 Å². The number of hydrogen-bond acceptors (Lipinski definition) is 0. The average molecular weight is 241 g/mol. The molecule has 1 fully saturated rings. The van der Waals surface area contributed by atoms with Crippen molar-refractivity contribution >= 4 is 10.9 Å². The van der Waals surface area contributed by atoms with Crippen LogP contribution in [-0.4, -0.2) is 4.98 Å². The van der Waals surface area contributed by atoms with E-state index in [4.69, 9.17) is 0 Å². The Hall–Kier alpha value is -1.24. The van der Waals surface area contributed by atoms with Crippen LogP contribution in [0.4, 0.5) is 0 Å². The zero-order valence-corrected chi connectivity index (χ0v) is 11.7. The van der Waals surface area contributed by atoms with Gasteiger partial charge < -0.3 is 4.98 Å². The highest BCUT2D eigenvalue weighted by molar-refractivity contribution is 5.83. The quantitative estimate of drug-likeness (QED) is 0.715. The Morgan fingerprint density at radius 3 is 2.72 bits per heavy atom. The fourth-order valence-corrected chi connectivity index (χ4v) is 4.01. The molecule has 0 amide bonds. The molecule has 0 radical (unpaired) electrons. The molecule has 1 aromatic heterocycles. The van der Waals surface area contributed by atoms with Gasteiger partial charge in [0, 0.05) is 17.1 Å². The fourth-order valence-electron chi connectivity index (χ4n) is 4.01. The first-order chi connectivity index (χ1) is 8.55. The van der Waals surface area contributed by atoms with E-state index in [0.717, 1.165) is 11.8 Å². The van der Waals surface area contributed by atoms with Gasteiger partial charge in [0.1, 0.15) is 0 Å². The highest BCUT2D eigenvalue weighted by Gasteiger charge is 2.33. The van der Waals surface area contributed by atoms with Crippen LogP contribution in [0.1, 0.15) is 51.5 Å². The first-order valence-corrected chi connectivity index (χ1v) is 7.11. The molecule has 2 aromatic rings. The third-order valence-corrected chi connectivity index (χ3v) is 4.45. The van der Waals surface area contributed by atoms with Crippen molar-refractivity contribution in [3.8, 4) is 0 Å². The molecule has 1 nitrogen and oxygen atoms in total. The van der Waals surface area contributed by atoms with Crippen LogP contribution in [0.25, 0.3) is 10.9 Å². The van der Waals surface area contributed by atoms with Gasteiger partial charge in [-0.1, -0.05) is 39.0 Å². The minimum atomic E-state index is 0.487. The molecule has 0 saturated heterocycles. The SMILES string of the molecule is CC1CC(c2c[nH]c3ccccc23)CC(C)(C)C1. The molecular weight excluding hydrogens is 218 g/mol. The highest BCUT2D eigenvalue weighted by Crippen LogP contribution is 2.47. The van der Waals surface area contributed by atoms with E-state index in [1.54, 1.807) is 0 Å². The molecule has 2 atom stereocenters. The van der Waals surface area contributed by atoms with Crippen LogP contribution in [0, 0.1) is 11.3 Å². The van der Waals surface area contributed by atoms with Crippen LogP contribution in [0.3, 0.4) is 0 Å². The smallest absolute Gasteiger partial charge is 0.0456 e. The van der Waals surface area contributed by atoms with Gasteiger partial charge in [-0.3, -0.25) is 0 Å². The second kappa shape index (κ2) is 4.15. The summed E-state index contributed by atoms with van der Waals surface area (Å²) in [5.41, 5.74) is 3.30. The Morgan fingerprint density at radius 1 is 1.17 bits per heavy atom. The predicted octanol–water partition coefficient (Wildman–Crippen LogP) is 5.10. The monoisotopic (exact) mass is 241 g/mol. The van der Waals surface area contributed by atoms with Crippen LogP contribution < -0.4 is 0 Å². The number of H-pyrrole nitrogens is 1. The maximum atomic E-state index is 3.43. The standard InChI is InChI=1S/C17H23N/c1-12-8-13(10-17(2,3)9-12)15-11-18-16-7-5-4-6-14(15)16/h4-7,11-13,18H,8-10H2,1-3H3. The Labute approximate surface area is 110 Å². The third kappa shape index (κ3) is 2.07. The molecule has 1 saturated carbocycles. The van der Waals surface area contributed by atoms with Crippen molar-refractivity contribution in [3.05, 3.63) is 36.0 Å². The maximum absolute atomic E-state index is 3.43. The molecule has 1 aliphatic carbocycles. The van der Waals surface area contributed by atoms with Crippen molar-refractivity contribution in [2.75, 3.05) is 0 Å². The summed E-state index contributed by atoms with van der Waals surface area (Å²) in [6.07, 6.45) is 6.26. The summed E-state index contributed by atoms with van der Waals surface area (Å²) in [7, 11) is 0.